The molecule has 2 aliphatic heterocycles. The number of rotatable bonds is 2. The molecule has 3 heterocycles. The quantitative estimate of drug-likeness (QED) is 0.806. The van der Waals surface area contributed by atoms with E-state index in [2.05, 4.69) is 34.6 Å². The van der Waals surface area contributed by atoms with Gasteiger partial charge in [-0.3, -0.25) is 0 Å². The van der Waals surface area contributed by atoms with Crippen LogP contribution in [0, 0.1) is 12.0 Å². The highest BCUT2D eigenvalue weighted by atomic mass is 16.5. The number of ether oxygens (including phenoxy) is 1. The summed E-state index contributed by atoms with van der Waals surface area (Å²) in [6.07, 6.45) is 4.26. The summed E-state index contributed by atoms with van der Waals surface area (Å²) in [5.74, 6) is 0. The Balaban J connectivity index is 2.04. The largest absolute Gasteiger partial charge is 0.375 e. The van der Waals surface area contributed by atoms with E-state index in [0.29, 0.717) is 13.0 Å². The maximum absolute atomic E-state index is 11.6. The molecule has 3 unspecified atom stereocenters. The van der Waals surface area contributed by atoms with E-state index in [9.17, 15) is 5.11 Å². The highest BCUT2D eigenvalue weighted by molar-refractivity contribution is 5.86. The summed E-state index contributed by atoms with van der Waals surface area (Å²) in [5.41, 5.74) is 2.33. The van der Waals surface area contributed by atoms with Gasteiger partial charge >= 0.3 is 0 Å². The summed E-state index contributed by atoms with van der Waals surface area (Å²) >= 11 is 0. The van der Waals surface area contributed by atoms with Crippen molar-refractivity contribution >= 4 is 10.9 Å². The Morgan fingerprint density at radius 1 is 1.33 bits per heavy atom. The molecule has 0 amide bonds. The smallest absolute Gasteiger partial charge is 0.139 e. The topological polar surface area (TPSA) is 42.0 Å². The minimum Gasteiger partial charge on any atom is -0.375 e. The van der Waals surface area contributed by atoms with Crippen molar-refractivity contribution in [2.24, 2.45) is 5.41 Å². The molecule has 1 aromatic carbocycles. The minimum absolute atomic E-state index is 0.0374. The summed E-state index contributed by atoms with van der Waals surface area (Å²) in [5, 5.41) is 14.6. The van der Waals surface area contributed by atoms with Gasteiger partial charge in [0.2, 0.25) is 0 Å². The predicted octanol–water partition coefficient (Wildman–Crippen LogP) is 4.27. The first-order chi connectivity index (χ1) is 13.0. The van der Waals surface area contributed by atoms with Gasteiger partial charge in [0.15, 0.2) is 0 Å². The van der Waals surface area contributed by atoms with Gasteiger partial charge < -0.3 is 14.4 Å². The number of fused-ring (bicyclic) bond motifs is 4. The Labute approximate surface area is 161 Å². The summed E-state index contributed by atoms with van der Waals surface area (Å²) in [4.78, 5) is 3.74. The zero-order valence-corrected chi connectivity index (χ0v) is 16.5. The molecule has 0 spiro atoms. The van der Waals surface area contributed by atoms with Gasteiger partial charge in [-0.25, -0.2) is 0 Å². The van der Waals surface area contributed by atoms with E-state index in [-0.39, 0.29) is 11.5 Å². The molecule has 1 aromatic heterocycles. The maximum atomic E-state index is 11.6. The molecule has 5 nitrogen and oxygen atoms in total. The molecule has 0 saturated heterocycles. The average Bonchev–Trinajstić information content (AvgIpc) is 2.99. The van der Waals surface area contributed by atoms with Crippen LogP contribution in [0.15, 0.2) is 24.3 Å². The van der Waals surface area contributed by atoms with Crippen molar-refractivity contribution in [1.29, 1.82) is 0 Å². The predicted molar refractivity (Wildman–Crippen MR) is 106 cm³/mol. The van der Waals surface area contributed by atoms with E-state index in [1.807, 2.05) is 18.0 Å². The Bertz CT molecular complexity index is 895. The standard InChI is InChI=1S/C22H29N3O2/c1-5-22-12-8-13-24(23-3)14-11-17-16-9-6-7-10-18(16)25(21(2,26)15-22)19(17)20(22)27-4/h6-7,9-10,20,26H,5,8,11-15H2,1-2,4H3. The number of methoxy groups -OCH3 is 1. The third-order valence-corrected chi connectivity index (χ3v) is 6.79. The van der Waals surface area contributed by atoms with Crippen molar-refractivity contribution in [3.8, 4) is 0 Å². The Kier molecular flexibility index (Phi) is 4.44. The molecule has 2 aromatic rings. The lowest BCUT2D eigenvalue weighted by Gasteiger charge is -2.50. The van der Waals surface area contributed by atoms with Crippen LogP contribution in [0.1, 0.15) is 56.9 Å². The molecule has 0 fully saturated rings. The van der Waals surface area contributed by atoms with Gasteiger partial charge in [-0.05, 0) is 44.2 Å². The second kappa shape index (κ2) is 6.54. The highest BCUT2D eigenvalue weighted by Gasteiger charge is 2.52. The fraction of sp³-hybridized carbons (Fsp3) is 0.591. The number of nitrogens with zero attached hydrogens (tertiary/aromatic N) is 3. The van der Waals surface area contributed by atoms with Crippen molar-refractivity contribution < 1.29 is 9.84 Å². The molecule has 2 bridgehead atoms. The monoisotopic (exact) mass is 367 g/mol. The van der Waals surface area contributed by atoms with Gasteiger partial charge in [0.1, 0.15) is 11.8 Å². The van der Waals surface area contributed by atoms with Crippen LogP contribution in [0.25, 0.3) is 15.9 Å². The lowest BCUT2D eigenvalue weighted by atomic mass is 9.66. The highest BCUT2D eigenvalue weighted by Crippen LogP contribution is 2.56. The van der Waals surface area contributed by atoms with Crippen molar-refractivity contribution in [2.45, 2.75) is 57.8 Å². The first-order valence-corrected chi connectivity index (χ1v) is 9.97. The van der Waals surface area contributed by atoms with E-state index in [0.717, 1.165) is 43.4 Å². The van der Waals surface area contributed by atoms with E-state index in [1.165, 1.54) is 10.9 Å². The zero-order valence-electron chi connectivity index (χ0n) is 16.5. The van der Waals surface area contributed by atoms with Crippen LogP contribution in [-0.4, -0.2) is 34.9 Å². The fourth-order valence-electron chi connectivity index (χ4n) is 5.65. The Hall–Kier alpha value is -2.03. The number of hydrogen-bond acceptors (Lipinski definition) is 3. The SMILES string of the molecule is [C-]#[N+]N1CCCC2(CC)CC(C)(O)n3c(c(c4ccccc43)CC1)C2OC. The van der Waals surface area contributed by atoms with Crippen LogP contribution < -0.4 is 0 Å². The van der Waals surface area contributed by atoms with E-state index >= 15 is 0 Å². The molecule has 5 heteroatoms. The van der Waals surface area contributed by atoms with E-state index in [1.54, 1.807) is 7.11 Å². The van der Waals surface area contributed by atoms with Crippen molar-refractivity contribution in [3.63, 3.8) is 0 Å². The first kappa shape index (κ1) is 18.3. The number of hydrogen-bond donors (Lipinski definition) is 1. The van der Waals surface area contributed by atoms with Gasteiger partial charge in [0, 0.05) is 24.3 Å². The van der Waals surface area contributed by atoms with Crippen LogP contribution in [-0.2, 0) is 16.9 Å². The zero-order chi connectivity index (χ0) is 19.2. The number of aromatic nitrogens is 1. The van der Waals surface area contributed by atoms with Crippen LogP contribution in [0.3, 0.4) is 0 Å². The Morgan fingerprint density at radius 2 is 2.11 bits per heavy atom. The number of benzene rings is 1. The summed E-state index contributed by atoms with van der Waals surface area (Å²) in [7, 11) is 1.80. The van der Waals surface area contributed by atoms with Crippen molar-refractivity contribution in [3.05, 3.63) is 47.0 Å². The molecule has 3 atom stereocenters. The molecule has 0 saturated carbocycles. The molecule has 144 valence electrons. The lowest BCUT2D eigenvalue weighted by Crippen LogP contribution is -2.48. The van der Waals surface area contributed by atoms with Crippen molar-refractivity contribution in [1.82, 2.24) is 9.58 Å². The van der Waals surface area contributed by atoms with Gasteiger partial charge in [-0.1, -0.05) is 25.1 Å². The van der Waals surface area contributed by atoms with Crippen LogP contribution >= 0.6 is 0 Å². The molecule has 2 aliphatic rings. The summed E-state index contributed by atoms with van der Waals surface area (Å²) < 4.78 is 8.27. The molecule has 0 aliphatic carbocycles. The van der Waals surface area contributed by atoms with E-state index in [4.69, 9.17) is 11.3 Å². The molecular formula is C22H29N3O2. The molecule has 27 heavy (non-hydrogen) atoms. The number of para-hydroxylation sites is 1. The van der Waals surface area contributed by atoms with Crippen LogP contribution in [0.5, 0.6) is 0 Å². The Morgan fingerprint density at radius 3 is 2.81 bits per heavy atom. The third-order valence-electron chi connectivity index (χ3n) is 6.79. The summed E-state index contributed by atoms with van der Waals surface area (Å²) in [6.45, 7) is 13.2. The molecule has 1 N–H and O–H groups in total. The molecule has 0 radical (unpaired) electrons. The number of aliphatic hydroxyl groups is 1. The lowest BCUT2D eigenvalue weighted by molar-refractivity contribution is -0.144. The third kappa shape index (κ3) is 2.66. The van der Waals surface area contributed by atoms with Crippen molar-refractivity contribution in [2.75, 3.05) is 20.2 Å². The molecular weight excluding hydrogens is 338 g/mol. The van der Waals surface area contributed by atoms with Gasteiger partial charge in [-0.2, -0.15) is 11.5 Å². The average molecular weight is 367 g/mol. The maximum Gasteiger partial charge on any atom is 0.139 e. The minimum atomic E-state index is -0.948. The van der Waals surface area contributed by atoms with Gasteiger partial charge in [-0.15, -0.1) is 5.01 Å². The van der Waals surface area contributed by atoms with Gasteiger partial charge in [0.05, 0.1) is 24.3 Å². The normalized spacial score (nSPS) is 30.9. The van der Waals surface area contributed by atoms with Crippen LogP contribution in [0.4, 0.5) is 0 Å². The fourth-order valence-corrected chi connectivity index (χ4v) is 5.65. The first-order valence-electron chi connectivity index (χ1n) is 9.97. The van der Waals surface area contributed by atoms with Crippen LogP contribution in [0.2, 0.25) is 0 Å². The van der Waals surface area contributed by atoms with E-state index < -0.39 is 5.72 Å². The second-order valence-electron chi connectivity index (χ2n) is 8.35. The second-order valence-corrected chi connectivity index (χ2v) is 8.35. The van der Waals surface area contributed by atoms with Gasteiger partial charge in [0.25, 0.3) is 0 Å². The summed E-state index contributed by atoms with van der Waals surface area (Å²) in [6, 6.07) is 8.32. The molecule has 4 rings (SSSR count).